The molecule has 1 spiro atoms. The first-order valence-corrected chi connectivity index (χ1v) is 11.4. The van der Waals surface area contributed by atoms with Crippen molar-refractivity contribution >= 4 is 5.91 Å². The normalized spacial score (nSPS) is 26.2. The Hall–Kier alpha value is -2.63. The number of piperidine rings is 1. The van der Waals surface area contributed by atoms with Crippen LogP contribution in [0.3, 0.4) is 0 Å². The highest BCUT2D eigenvalue weighted by Crippen LogP contribution is 2.39. The molecule has 3 rings (SSSR count). The van der Waals surface area contributed by atoms with E-state index >= 15 is 0 Å². The Bertz CT molecular complexity index is 1000. The number of carbonyl (C=O) groups is 1. The Morgan fingerprint density at radius 1 is 1.08 bits per heavy atom. The van der Waals surface area contributed by atoms with Crippen LogP contribution in [0.4, 0.5) is 26.3 Å². The topological polar surface area (TPSA) is 62.4 Å². The van der Waals surface area contributed by atoms with Gasteiger partial charge in [0.15, 0.2) is 0 Å². The summed E-state index contributed by atoms with van der Waals surface area (Å²) in [5.41, 5.74) is -4.10. The summed E-state index contributed by atoms with van der Waals surface area (Å²) in [5, 5.41) is 9.20. The number of amides is 1. The van der Waals surface area contributed by atoms with Crippen LogP contribution < -0.4 is 16.0 Å². The van der Waals surface area contributed by atoms with E-state index in [-0.39, 0.29) is 30.7 Å². The molecule has 0 aromatic heterocycles. The molecule has 1 aromatic rings. The van der Waals surface area contributed by atoms with E-state index in [0.717, 1.165) is 0 Å². The fraction of sp³-hybridized carbons (Fsp3) is 0.480. The van der Waals surface area contributed by atoms with Crippen LogP contribution in [-0.2, 0) is 21.9 Å². The first-order chi connectivity index (χ1) is 16.7. The van der Waals surface area contributed by atoms with Gasteiger partial charge >= 0.3 is 12.4 Å². The van der Waals surface area contributed by atoms with Gasteiger partial charge in [-0.3, -0.25) is 10.1 Å². The molecule has 3 N–H and O–H groups in total. The summed E-state index contributed by atoms with van der Waals surface area (Å²) in [4.78, 5) is 12.3. The second kappa shape index (κ2) is 10.4. The zero-order valence-electron chi connectivity index (χ0n) is 19.9. The third-order valence-electron chi connectivity index (χ3n) is 6.69. The van der Waals surface area contributed by atoms with Gasteiger partial charge in [-0.2, -0.15) is 26.3 Å². The fourth-order valence-electron chi connectivity index (χ4n) is 4.32. The molecule has 11 heteroatoms. The molecule has 0 bridgehead atoms. The number of hydrogen-bond acceptors (Lipinski definition) is 4. The van der Waals surface area contributed by atoms with E-state index in [9.17, 15) is 31.1 Å². The molecular formula is C25H29F6N3O2. The molecule has 2 heterocycles. The van der Waals surface area contributed by atoms with E-state index in [1.54, 1.807) is 18.2 Å². The lowest BCUT2D eigenvalue weighted by atomic mass is 9.76. The van der Waals surface area contributed by atoms with Crippen LogP contribution in [0.1, 0.15) is 49.5 Å². The van der Waals surface area contributed by atoms with Crippen molar-refractivity contribution in [2.24, 2.45) is 0 Å². The molecule has 2 aliphatic heterocycles. The number of alkyl halides is 6. The van der Waals surface area contributed by atoms with Gasteiger partial charge in [0.25, 0.3) is 0 Å². The van der Waals surface area contributed by atoms with Gasteiger partial charge in [0.1, 0.15) is 5.54 Å². The first kappa shape index (κ1) is 27.9. The van der Waals surface area contributed by atoms with E-state index in [0.29, 0.717) is 37.2 Å². The summed E-state index contributed by atoms with van der Waals surface area (Å²) in [6.45, 7) is 7.85. The van der Waals surface area contributed by atoms with Crippen LogP contribution in [-0.4, -0.2) is 36.8 Å². The number of ether oxygens (including phenoxy) is 1. The quantitative estimate of drug-likeness (QED) is 0.351. The first-order valence-electron chi connectivity index (χ1n) is 11.4. The molecule has 1 unspecified atom stereocenters. The third kappa shape index (κ3) is 6.01. The van der Waals surface area contributed by atoms with E-state index < -0.39 is 40.7 Å². The maximum atomic E-state index is 13.3. The molecule has 0 saturated carbocycles. The summed E-state index contributed by atoms with van der Waals surface area (Å²) in [6, 6.07) is 1.43. The monoisotopic (exact) mass is 517 g/mol. The van der Waals surface area contributed by atoms with Crippen LogP contribution in [0.15, 0.2) is 54.7 Å². The summed E-state index contributed by atoms with van der Waals surface area (Å²) >= 11 is 0. The number of halogens is 6. The van der Waals surface area contributed by atoms with Crippen LogP contribution in [0.5, 0.6) is 0 Å². The van der Waals surface area contributed by atoms with Crippen molar-refractivity contribution < 1.29 is 35.9 Å². The van der Waals surface area contributed by atoms with Gasteiger partial charge in [0.2, 0.25) is 5.91 Å². The van der Waals surface area contributed by atoms with Crippen molar-refractivity contribution in [2.75, 3.05) is 19.8 Å². The number of allylic oxidation sites excluding steroid dienone is 3. The lowest BCUT2D eigenvalue weighted by molar-refractivity contribution is -0.143. The zero-order valence-corrected chi connectivity index (χ0v) is 19.9. The highest BCUT2D eigenvalue weighted by molar-refractivity contribution is 5.88. The molecule has 0 radical (unpaired) electrons. The van der Waals surface area contributed by atoms with Crippen molar-refractivity contribution in [3.8, 4) is 0 Å². The third-order valence-corrected chi connectivity index (χ3v) is 6.69. The van der Waals surface area contributed by atoms with E-state index in [1.165, 1.54) is 6.92 Å². The Labute approximate surface area is 205 Å². The van der Waals surface area contributed by atoms with Gasteiger partial charge in [-0.25, -0.2) is 0 Å². The van der Waals surface area contributed by atoms with Gasteiger partial charge in [-0.1, -0.05) is 30.9 Å². The van der Waals surface area contributed by atoms with Crippen molar-refractivity contribution in [3.63, 3.8) is 0 Å². The largest absolute Gasteiger partial charge is 0.416 e. The van der Waals surface area contributed by atoms with Crippen molar-refractivity contribution in [2.45, 2.75) is 56.2 Å². The number of hydrogen-bond donors (Lipinski definition) is 3. The lowest BCUT2D eigenvalue weighted by Crippen LogP contribution is -2.66. The molecule has 36 heavy (non-hydrogen) atoms. The molecule has 198 valence electrons. The molecule has 1 aromatic carbocycles. The second-order valence-corrected chi connectivity index (χ2v) is 9.08. The summed E-state index contributed by atoms with van der Waals surface area (Å²) in [5.74, 6) is -0.142. The number of benzene rings is 1. The number of rotatable bonds is 7. The Morgan fingerprint density at radius 2 is 1.72 bits per heavy atom. The maximum Gasteiger partial charge on any atom is 0.416 e. The summed E-state index contributed by atoms with van der Waals surface area (Å²) in [6.07, 6.45) is -3.01. The highest BCUT2D eigenvalue weighted by Gasteiger charge is 2.50. The van der Waals surface area contributed by atoms with Crippen LogP contribution in [0, 0.1) is 0 Å². The molecule has 0 aliphatic carbocycles. The Balaban J connectivity index is 1.85. The Kier molecular flexibility index (Phi) is 8.07. The predicted molar refractivity (Wildman–Crippen MR) is 123 cm³/mol. The van der Waals surface area contributed by atoms with Gasteiger partial charge < -0.3 is 15.4 Å². The molecule has 2 fully saturated rings. The second-order valence-electron chi connectivity index (χ2n) is 9.08. The predicted octanol–water partition coefficient (Wildman–Crippen LogP) is 5.03. The fourth-order valence-corrected chi connectivity index (χ4v) is 4.32. The van der Waals surface area contributed by atoms with Gasteiger partial charge in [-0.05, 0) is 56.0 Å². The maximum absolute atomic E-state index is 13.3. The average Bonchev–Trinajstić information content (AvgIpc) is 3.17. The molecule has 3 atom stereocenters. The van der Waals surface area contributed by atoms with Crippen LogP contribution >= 0.6 is 0 Å². The Morgan fingerprint density at radius 3 is 2.19 bits per heavy atom. The van der Waals surface area contributed by atoms with Crippen molar-refractivity contribution in [1.29, 1.82) is 0 Å². The minimum Gasteiger partial charge on any atom is -0.372 e. The van der Waals surface area contributed by atoms with Gasteiger partial charge in [0.05, 0.1) is 36.0 Å². The highest BCUT2D eigenvalue weighted by atomic mass is 19.4. The van der Waals surface area contributed by atoms with Gasteiger partial charge in [0, 0.05) is 6.54 Å². The molecule has 2 saturated heterocycles. The van der Waals surface area contributed by atoms with Crippen molar-refractivity contribution in [1.82, 2.24) is 16.0 Å². The summed E-state index contributed by atoms with van der Waals surface area (Å²) in [7, 11) is 0. The average molecular weight is 518 g/mol. The SMILES string of the molecule is C=C(/C=C\C=C/C)[C@]1(CO[C@H](C)c2cc(C(F)(F)F)cc(C(F)(F)F)c2)CCC2(CN1)NCNC2=O. The number of carbonyl (C=O) groups excluding carboxylic acids is 1. The van der Waals surface area contributed by atoms with E-state index in [1.807, 2.05) is 13.0 Å². The van der Waals surface area contributed by atoms with Gasteiger partial charge in [-0.15, -0.1) is 0 Å². The number of nitrogens with one attached hydrogen (secondary N) is 3. The summed E-state index contributed by atoms with van der Waals surface area (Å²) < 4.78 is 85.6. The smallest absolute Gasteiger partial charge is 0.372 e. The molecule has 1 amide bonds. The van der Waals surface area contributed by atoms with Crippen LogP contribution in [0.25, 0.3) is 0 Å². The minimum atomic E-state index is -4.95. The van der Waals surface area contributed by atoms with Crippen molar-refractivity contribution in [3.05, 3.63) is 71.3 Å². The van der Waals surface area contributed by atoms with Crippen LogP contribution in [0.2, 0.25) is 0 Å². The molecular weight excluding hydrogens is 488 g/mol. The van der Waals surface area contributed by atoms with E-state index in [2.05, 4.69) is 22.5 Å². The molecule has 5 nitrogen and oxygen atoms in total. The molecule has 2 aliphatic rings. The minimum absolute atomic E-state index is 0.0809. The lowest BCUT2D eigenvalue weighted by Gasteiger charge is -2.45. The zero-order chi connectivity index (χ0) is 26.8. The standard InChI is InChI=1S/C25H29F6N3O2/c1-4-5-6-7-16(2)23(9-8-22(13-33-23)21(35)32-15-34-22)14-36-17(3)18-10-19(24(26,27)28)12-20(11-18)25(29,30)31/h4-7,10-12,17,33-34H,2,8-9,13-15H2,1,3H3,(H,32,35)/b5-4-,7-6-/t17-,22?,23-/m1/s1. The van der Waals surface area contributed by atoms with E-state index in [4.69, 9.17) is 4.74 Å².